The van der Waals surface area contributed by atoms with Crippen LogP contribution < -0.4 is 11.1 Å². The molecule has 0 saturated heterocycles. The maximum Gasteiger partial charge on any atom is 0.251 e. The second-order valence-electron chi connectivity index (χ2n) is 6.31. The number of rotatable bonds is 7. The summed E-state index contributed by atoms with van der Waals surface area (Å²) in [5.74, 6) is 0.521. The first-order chi connectivity index (χ1) is 11.7. The third-order valence-electron chi connectivity index (χ3n) is 4.55. The van der Waals surface area contributed by atoms with Crippen molar-refractivity contribution in [2.75, 3.05) is 13.7 Å². The molecule has 0 bridgehead atoms. The van der Waals surface area contributed by atoms with Crippen molar-refractivity contribution in [1.82, 2.24) is 5.32 Å². The summed E-state index contributed by atoms with van der Waals surface area (Å²) < 4.78 is 5.22. The zero-order valence-corrected chi connectivity index (χ0v) is 14.0. The topological polar surface area (TPSA) is 64.3 Å². The van der Waals surface area contributed by atoms with Gasteiger partial charge in [0.05, 0.1) is 12.6 Å². The molecule has 1 aliphatic rings. The van der Waals surface area contributed by atoms with Crippen LogP contribution in [0.1, 0.15) is 28.8 Å². The Labute approximate surface area is 143 Å². The molecule has 0 heterocycles. The van der Waals surface area contributed by atoms with Gasteiger partial charge in [-0.25, -0.2) is 0 Å². The molecule has 0 radical (unpaired) electrons. The van der Waals surface area contributed by atoms with Crippen LogP contribution in [0.15, 0.2) is 48.5 Å². The van der Waals surface area contributed by atoms with E-state index in [0.29, 0.717) is 24.6 Å². The van der Waals surface area contributed by atoms with Gasteiger partial charge in [0.1, 0.15) is 0 Å². The second-order valence-corrected chi connectivity index (χ2v) is 6.31. The van der Waals surface area contributed by atoms with E-state index < -0.39 is 0 Å². The van der Waals surface area contributed by atoms with E-state index in [4.69, 9.17) is 10.5 Å². The molecule has 4 heteroatoms. The average Bonchev–Trinajstić information content (AvgIpc) is 3.46. The lowest BCUT2D eigenvalue weighted by Crippen LogP contribution is -2.39. The van der Waals surface area contributed by atoms with Gasteiger partial charge in [-0.05, 0) is 47.6 Å². The molecule has 1 atom stereocenters. The second kappa shape index (κ2) is 7.60. The van der Waals surface area contributed by atoms with Crippen molar-refractivity contribution < 1.29 is 9.53 Å². The van der Waals surface area contributed by atoms with E-state index in [-0.39, 0.29) is 11.9 Å². The first-order valence-corrected chi connectivity index (χ1v) is 8.41. The van der Waals surface area contributed by atoms with Crippen LogP contribution in [0.5, 0.6) is 0 Å². The van der Waals surface area contributed by atoms with Crippen molar-refractivity contribution in [3.8, 4) is 11.1 Å². The van der Waals surface area contributed by atoms with Crippen LogP contribution in [0.2, 0.25) is 0 Å². The normalized spacial score (nSPS) is 15.1. The fourth-order valence-corrected chi connectivity index (χ4v) is 3.01. The number of ether oxygens (including phenoxy) is 1. The van der Waals surface area contributed by atoms with E-state index in [0.717, 1.165) is 16.7 Å². The number of carbonyl (C=O) groups excluding carboxylic acids is 1. The first kappa shape index (κ1) is 16.7. The highest BCUT2D eigenvalue weighted by Crippen LogP contribution is 2.33. The summed E-state index contributed by atoms with van der Waals surface area (Å²) >= 11 is 0. The van der Waals surface area contributed by atoms with Crippen LogP contribution in [0.4, 0.5) is 0 Å². The lowest BCUT2D eigenvalue weighted by molar-refractivity contribution is 0.0884. The number of amides is 1. The van der Waals surface area contributed by atoms with Gasteiger partial charge in [0, 0.05) is 19.2 Å². The van der Waals surface area contributed by atoms with Gasteiger partial charge in [-0.3, -0.25) is 4.79 Å². The third kappa shape index (κ3) is 3.83. The molecule has 3 rings (SSSR count). The van der Waals surface area contributed by atoms with Crippen molar-refractivity contribution in [2.24, 2.45) is 11.7 Å². The SMILES string of the molecule is COCC(NC(=O)c1ccc(-c2ccccc2CN)cc1)C1CC1. The zero-order chi connectivity index (χ0) is 16.9. The van der Waals surface area contributed by atoms with Gasteiger partial charge in [0.2, 0.25) is 0 Å². The molecule has 3 N–H and O–H groups in total. The third-order valence-corrected chi connectivity index (χ3v) is 4.55. The lowest BCUT2D eigenvalue weighted by atomic mass is 9.98. The fourth-order valence-electron chi connectivity index (χ4n) is 3.01. The van der Waals surface area contributed by atoms with Crippen LogP contribution in [-0.4, -0.2) is 25.7 Å². The van der Waals surface area contributed by atoms with Crippen molar-refractivity contribution in [1.29, 1.82) is 0 Å². The van der Waals surface area contributed by atoms with Crippen LogP contribution in [0.25, 0.3) is 11.1 Å². The van der Waals surface area contributed by atoms with Crippen molar-refractivity contribution in [2.45, 2.75) is 25.4 Å². The minimum atomic E-state index is -0.0392. The Hall–Kier alpha value is -2.17. The number of nitrogens with one attached hydrogen (secondary N) is 1. The van der Waals surface area contributed by atoms with E-state index in [9.17, 15) is 4.79 Å². The standard InChI is InChI=1S/C20H24N2O2/c1-24-13-19(15-8-9-15)22-20(23)16-10-6-14(7-11-16)18-5-3-2-4-17(18)12-21/h2-7,10-11,15,19H,8-9,12-13,21H2,1H3,(H,22,23). The number of methoxy groups -OCH3 is 1. The van der Waals surface area contributed by atoms with Gasteiger partial charge < -0.3 is 15.8 Å². The lowest BCUT2D eigenvalue weighted by Gasteiger charge is -2.17. The predicted molar refractivity (Wildman–Crippen MR) is 95.6 cm³/mol. The fraction of sp³-hybridized carbons (Fsp3) is 0.350. The monoisotopic (exact) mass is 324 g/mol. The Morgan fingerprint density at radius 1 is 1.21 bits per heavy atom. The Kier molecular flexibility index (Phi) is 5.28. The summed E-state index contributed by atoms with van der Waals surface area (Å²) in [4.78, 5) is 12.4. The smallest absolute Gasteiger partial charge is 0.251 e. The highest BCUT2D eigenvalue weighted by molar-refractivity contribution is 5.95. The van der Waals surface area contributed by atoms with E-state index in [1.54, 1.807) is 7.11 Å². The molecule has 0 aliphatic heterocycles. The number of nitrogens with two attached hydrogens (primary N) is 1. The molecule has 126 valence electrons. The number of carbonyl (C=O) groups is 1. The zero-order valence-electron chi connectivity index (χ0n) is 14.0. The molecule has 1 unspecified atom stereocenters. The van der Waals surface area contributed by atoms with Gasteiger partial charge >= 0.3 is 0 Å². The average molecular weight is 324 g/mol. The van der Waals surface area contributed by atoms with E-state index >= 15 is 0 Å². The van der Waals surface area contributed by atoms with Gasteiger partial charge in [-0.1, -0.05) is 36.4 Å². The molecule has 4 nitrogen and oxygen atoms in total. The van der Waals surface area contributed by atoms with Gasteiger partial charge in [-0.15, -0.1) is 0 Å². The van der Waals surface area contributed by atoms with E-state index in [1.165, 1.54) is 12.8 Å². The molecule has 0 spiro atoms. The molecule has 24 heavy (non-hydrogen) atoms. The first-order valence-electron chi connectivity index (χ1n) is 8.41. The summed E-state index contributed by atoms with van der Waals surface area (Å²) in [6.07, 6.45) is 2.34. The van der Waals surface area contributed by atoms with Crippen LogP contribution in [-0.2, 0) is 11.3 Å². The quantitative estimate of drug-likeness (QED) is 0.823. The largest absolute Gasteiger partial charge is 0.383 e. The molecule has 1 fully saturated rings. The summed E-state index contributed by atoms with van der Waals surface area (Å²) in [6, 6.07) is 15.9. The summed E-state index contributed by atoms with van der Waals surface area (Å²) in [7, 11) is 1.67. The molecular weight excluding hydrogens is 300 g/mol. The Morgan fingerprint density at radius 2 is 1.92 bits per heavy atom. The minimum absolute atomic E-state index is 0.0392. The highest BCUT2D eigenvalue weighted by Gasteiger charge is 2.32. The van der Waals surface area contributed by atoms with E-state index in [2.05, 4.69) is 11.4 Å². The summed E-state index contributed by atoms with van der Waals surface area (Å²) in [5, 5.41) is 3.09. The maximum atomic E-state index is 12.4. The molecule has 1 aliphatic carbocycles. The molecular formula is C20H24N2O2. The Morgan fingerprint density at radius 3 is 2.54 bits per heavy atom. The van der Waals surface area contributed by atoms with Crippen LogP contribution in [0.3, 0.4) is 0 Å². The summed E-state index contributed by atoms with van der Waals surface area (Å²) in [5.41, 5.74) is 9.77. The molecule has 2 aromatic carbocycles. The molecule has 1 saturated carbocycles. The Bertz CT molecular complexity index is 693. The predicted octanol–water partition coefficient (Wildman–Crippen LogP) is 2.97. The van der Waals surface area contributed by atoms with Crippen LogP contribution >= 0.6 is 0 Å². The summed E-state index contributed by atoms with van der Waals surface area (Å²) in [6.45, 7) is 1.07. The number of hydrogen-bond acceptors (Lipinski definition) is 3. The van der Waals surface area contributed by atoms with E-state index in [1.807, 2.05) is 42.5 Å². The maximum absolute atomic E-state index is 12.4. The van der Waals surface area contributed by atoms with Gasteiger partial charge in [0.25, 0.3) is 5.91 Å². The van der Waals surface area contributed by atoms with Crippen molar-refractivity contribution >= 4 is 5.91 Å². The molecule has 0 aromatic heterocycles. The number of benzene rings is 2. The van der Waals surface area contributed by atoms with Gasteiger partial charge in [-0.2, -0.15) is 0 Å². The molecule has 1 amide bonds. The van der Waals surface area contributed by atoms with Gasteiger partial charge in [0.15, 0.2) is 0 Å². The van der Waals surface area contributed by atoms with Crippen LogP contribution in [0, 0.1) is 5.92 Å². The van der Waals surface area contributed by atoms with Crippen molar-refractivity contribution in [3.63, 3.8) is 0 Å². The molecule has 2 aromatic rings. The Balaban J connectivity index is 1.73. The van der Waals surface area contributed by atoms with Crippen molar-refractivity contribution in [3.05, 3.63) is 59.7 Å². The minimum Gasteiger partial charge on any atom is -0.383 e. The highest BCUT2D eigenvalue weighted by atomic mass is 16.5. The number of hydrogen-bond donors (Lipinski definition) is 2.